The van der Waals surface area contributed by atoms with Crippen molar-refractivity contribution in [1.82, 2.24) is 20.4 Å². The molecule has 0 aromatic heterocycles. The third-order valence-corrected chi connectivity index (χ3v) is 3.62. The zero-order valence-corrected chi connectivity index (χ0v) is 14.9. The molecule has 0 radical (unpaired) electrons. The van der Waals surface area contributed by atoms with Crippen molar-refractivity contribution in [2.45, 2.75) is 40.7 Å². The fraction of sp³-hybridized carbons (Fsp3) is 0.812. The van der Waals surface area contributed by atoms with Crippen molar-refractivity contribution in [3.8, 4) is 0 Å². The van der Waals surface area contributed by atoms with Crippen LogP contribution in [0.15, 0.2) is 0 Å². The van der Waals surface area contributed by atoms with E-state index in [0.29, 0.717) is 32.7 Å². The first-order chi connectivity index (χ1) is 10.6. The highest BCUT2D eigenvalue weighted by Gasteiger charge is 2.25. The summed E-state index contributed by atoms with van der Waals surface area (Å²) in [4.78, 5) is 39.4. The summed E-state index contributed by atoms with van der Waals surface area (Å²) in [6.07, 6.45) is 0. The van der Waals surface area contributed by atoms with Gasteiger partial charge in [0, 0.05) is 37.6 Å². The number of amides is 3. The molecule has 1 heterocycles. The molecule has 0 saturated carbocycles. The third-order valence-electron chi connectivity index (χ3n) is 3.62. The molecular formula is C16H30N4O3. The number of piperazine rings is 1. The van der Waals surface area contributed by atoms with E-state index in [-0.39, 0.29) is 30.3 Å². The zero-order chi connectivity index (χ0) is 17.6. The van der Waals surface area contributed by atoms with Crippen LogP contribution in [0, 0.1) is 5.41 Å². The van der Waals surface area contributed by atoms with Gasteiger partial charge < -0.3 is 15.5 Å². The van der Waals surface area contributed by atoms with Gasteiger partial charge in [-0.25, -0.2) is 0 Å². The first kappa shape index (κ1) is 19.4. The Balaban J connectivity index is 2.31. The number of nitrogens with one attached hydrogen (secondary N) is 2. The summed E-state index contributed by atoms with van der Waals surface area (Å²) in [6.45, 7) is 12.2. The predicted molar refractivity (Wildman–Crippen MR) is 88.8 cm³/mol. The summed E-state index contributed by atoms with van der Waals surface area (Å²) >= 11 is 0. The quantitative estimate of drug-likeness (QED) is 0.734. The summed E-state index contributed by atoms with van der Waals surface area (Å²) in [5.74, 6) is -0.194. The molecule has 1 rings (SSSR count). The van der Waals surface area contributed by atoms with Crippen LogP contribution in [-0.4, -0.2) is 72.8 Å². The van der Waals surface area contributed by atoms with Crippen LogP contribution in [0.4, 0.5) is 0 Å². The van der Waals surface area contributed by atoms with Crippen molar-refractivity contribution in [3.63, 3.8) is 0 Å². The van der Waals surface area contributed by atoms with Gasteiger partial charge in [0.15, 0.2) is 0 Å². The molecule has 1 aliphatic heterocycles. The van der Waals surface area contributed by atoms with Crippen LogP contribution in [0.1, 0.15) is 34.6 Å². The van der Waals surface area contributed by atoms with Gasteiger partial charge in [-0.05, 0) is 13.8 Å². The zero-order valence-electron chi connectivity index (χ0n) is 14.9. The van der Waals surface area contributed by atoms with Crippen LogP contribution >= 0.6 is 0 Å². The molecule has 7 heteroatoms. The normalized spacial score (nSPS) is 16.3. The van der Waals surface area contributed by atoms with E-state index in [1.165, 1.54) is 0 Å². The summed E-state index contributed by atoms with van der Waals surface area (Å²) in [5.41, 5.74) is -0.497. The molecule has 0 aromatic rings. The number of carbonyl (C=O) groups excluding carboxylic acids is 3. The highest BCUT2D eigenvalue weighted by Crippen LogP contribution is 2.12. The van der Waals surface area contributed by atoms with Gasteiger partial charge in [-0.15, -0.1) is 0 Å². The van der Waals surface area contributed by atoms with Crippen LogP contribution in [0.5, 0.6) is 0 Å². The third kappa shape index (κ3) is 6.99. The van der Waals surface area contributed by atoms with E-state index in [1.54, 1.807) is 4.90 Å². The van der Waals surface area contributed by atoms with E-state index in [2.05, 4.69) is 10.6 Å². The Morgan fingerprint density at radius 1 is 1.04 bits per heavy atom. The van der Waals surface area contributed by atoms with E-state index in [9.17, 15) is 14.4 Å². The van der Waals surface area contributed by atoms with Crippen molar-refractivity contribution in [2.24, 2.45) is 5.41 Å². The Morgan fingerprint density at radius 3 is 2.09 bits per heavy atom. The Bertz CT molecular complexity index is 435. The maximum Gasteiger partial charge on any atom is 0.242 e. The van der Waals surface area contributed by atoms with Crippen LogP contribution in [-0.2, 0) is 14.4 Å². The molecule has 23 heavy (non-hydrogen) atoms. The summed E-state index contributed by atoms with van der Waals surface area (Å²) < 4.78 is 0. The maximum absolute atomic E-state index is 12.1. The summed E-state index contributed by atoms with van der Waals surface area (Å²) in [5, 5.41) is 5.54. The highest BCUT2D eigenvalue weighted by molar-refractivity contribution is 5.87. The Morgan fingerprint density at radius 2 is 1.61 bits per heavy atom. The molecule has 7 nitrogen and oxygen atoms in total. The lowest BCUT2D eigenvalue weighted by Gasteiger charge is -2.34. The standard InChI is InChI=1S/C16H30N4O3/c1-12(2)18-13(21)11-19-6-8-20(9-7-19)14(22)10-17-15(23)16(3,4)5/h12H,6-11H2,1-5H3,(H,17,23)(H,18,21). The minimum atomic E-state index is -0.497. The minimum absolute atomic E-state index is 0.0113. The van der Waals surface area contributed by atoms with Gasteiger partial charge in [0.25, 0.3) is 0 Å². The van der Waals surface area contributed by atoms with E-state index in [1.807, 2.05) is 39.5 Å². The van der Waals surface area contributed by atoms with Gasteiger partial charge in [0.05, 0.1) is 13.1 Å². The minimum Gasteiger partial charge on any atom is -0.353 e. The topological polar surface area (TPSA) is 81.8 Å². The van der Waals surface area contributed by atoms with Gasteiger partial charge in [-0.3, -0.25) is 19.3 Å². The number of hydrogen-bond acceptors (Lipinski definition) is 4. The molecule has 0 unspecified atom stereocenters. The van der Waals surface area contributed by atoms with Gasteiger partial charge in [0.2, 0.25) is 17.7 Å². The van der Waals surface area contributed by atoms with Crippen LogP contribution in [0.25, 0.3) is 0 Å². The Labute approximate surface area is 138 Å². The molecule has 1 fully saturated rings. The van der Waals surface area contributed by atoms with Crippen LogP contribution in [0.2, 0.25) is 0 Å². The first-order valence-corrected chi connectivity index (χ1v) is 8.17. The molecule has 0 atom stereocenters. The van der Waals surface area contributed by atoms with E-state index < -0.39 is 5.41 Å². The molecule has 0 bridgehead atoms. The fourth-order valence-electron chi connectivity index (χ4n) is 2.26. The van der Waals surface area contributed by atoms with E-state index in [0.717, 1.165) is 0 Å². The predicted octanol–water partition coefficient (Wildman–Crippen LogP) is -0.182. The van der Waals surface area contributed by atoms with E-state index in [4.69, 9.17) is 0 Å². The summed E-state index contributed by atoms with van der Waals surface area (Å²) in [7, 11) is 0. The lowest BCUT2D eigenvalue weighted by molar-refractivity contribution is -0.136. The molecule has 0 aromatic carbocycles. The second-order valence-electron chi connectivity index (χ2n) is 7.31. The molecule has 1 aliphatic rings. The number of carbonyl (C=O) groups is 3. The second kappa shape index (κ2) is 8.29. The SMILES string of the molecule is CC(C)NC(=O)CN1CCN(C(=O)CNC(=O)C(C)(C)C)CC1. The molecule has 0 aliphatic carbocycles. The fourth-order valence-corrected chi connectivity index (χ4v) is 2.26. The van der Waals surface area contributed by atoms with Crippen molar-refractivity contribution in [2.75, 3.05) is 39.3 Å². The highest BCUT2D eigenvalue weighted by atomic mass is 16.2. The largest absolute Gasteiger partial charge is 0.353 e. The van der Waals surface area contributed by atoms with Crippen LogP contribution in [0.3, 0.4) is 0 Å². The molecule has 1 saturated heterocycles. The molecular weight excluding hydrogens is 296 g/mol. The maximum atomic E-state index is 12.1. The molecule has 132 valence electrons. The molecule has 2 N–H and O–H groups in total. The van der Waals surface area contributed by atoms with Crippen molar-refractivity contribution < 1.29 is 14.4 Å². The van der Waals surface area contributed by atoms with Gasteiger partial charge in [0.1, 0.15) is 0 Å². The van der Waals surface area contributed by atoms with Crippen LogP contribution < -0.4 is 10.6 Å². The van der Waals surface area contributed by atoms with Gasteiger partial charge in [-0.1, -0.05) is 20.8 Å². The van der Waals surface area contributed by atoms with Crippen molar-refractivity contribution in [3.05, 3.63) is 0 Å². The lowest BCUT2D eigenvalue weighted by atomic mass is 9.96. The number of hydrogen-bond donors (Lipinski definition) is 2. The first-order valence-electron chi connectivity index (χ1n) is 8.17. The van der Waals surface area contributed by atoms with Crippen molar-refractivity contribution >= 4 is 17.7 Å². The van der Waals surface area contributed by atoms with Gasteiger partial charge in [-0.2, -0.15) is 0 Å². The Hall–Kier alpha value is -1.63. The lowest BCUT2D eigenvalue weighted by Crippen LogP contribution is -2.53. The second-order valence-corrected chi connectivity index (χ2v) is 7.31. The van der Waals surface area contributed by atoms with Crippen molar-refractivity contribution in [1.29, 1.82) is 0 Å². The smallest absolute Gasteiger partial charge is 0.242 e. The monoisotopic (exact) mass is 326 g/mol. The average molecular weight is 326 g/mol. The van der Waals surface area contributed by atoms with E-state index >= 15 is 0 Å². The average Bonchev–Trinajstić information content (AvgIpc) is 2.43. The summed E-state index contributed by atoms with van der Waals surface area (Å²) in [6, 6.07) is 0.136. The number of nitrogens with zero attached hydrogens (tertiary/aromatic N) is 2. The Kier molecular flexibility index (Phi) is 7.00. The van der Waals surface area contributed by atoms with Gasteiger partial charge >= 0.3 is 0 Å². The molecule has 0 spiro atoms. The molecule has 3 amide bonds. The number of rotatable bonds is 5.